The number of benzene rings is 2. The molecule has 0 unspecified atom stereocenters. The first-order valence-corrected chi connectivity index (χ1v) is 9.24. The van der Waals surface area contributed by atoms with Crippen molar-refractivity contribution < 1.29 is 4.39 Å². The fourth-order valence-corrected chi connectivity index (χ4v) is 3.34. The van der Waals surface area contributed by atoms with Crippen molar-refractivity contribution in [2.75, 3.05) is 7.05 Å². The van der Waals surface area contributed by atoms with E-state index in [0.717, 1.165) is 28.3 Å². The second kappa shape index (κ2) is 7.96. The molecule has 2 aromatic heterocycles. The Morgan fingerprint density at radius 3 is 2.61 bits per heavy atom. The van der Waals surface area contributed by atoms with Crippen LogP contribution in [0.25, 0.3) is 16.9 Å². The normalized spacial score (nSPS) is 11.3. The van der Waals surface area contributed by atoms with Crippen LogP contribution in [-0.2, 0) is 13.1 Å². The minimum atomic E-state index is -0.277. The second-order valence-corrected chi connectivity index (χ2v) is 7.02. The van der Waals surface area contributed by atoms with Gasteiger partial charge in [0.05, 0.1) is 22.9 Å². The summed E-state index contributed by atoms with van der Waals surface area (Å²) in [6.45, 7) is 1.33. The largest absolute Gasteiger partial charge is 0.348 e. The molecule has 0 aliphatic rings. The Balaban J connectivity index is 1.70. The Hall–Kier alpha value is -2.96. The van der Waals surface area contributed by atoms with E-state index in [1.807, 2.05) is 43.7 Å². The van der Waals surface area contributed by atoms with Gasteiger partial charge in [-0.25, -0.2) is 14.1 Å². The Kier molecular flexibility index (Phi) is 5.23. The lowest BCUT2D eigenvalue weighted by atomic mass is 10.1. The summed E-state index contributed by atoms with van der Waals surface area (Å²) in [7, 11) is 2.02. The van der Waals surface area contributed by atoms with Crippen molar-refractivity contribution in [3.8, 4) is 16.9 Å². The fraction of sp³-hybridized carbons (Fsp3) is 0.143. The molecule has 0 amide bonds. The Labute approximate surface area is 167 Å². The van der Waals surface area contributed by atoms with Crippen LogP contribution in [0.1, 0.15) is 11.4 Å². The fourth-order valence-electron chi connectivity index (χ4n) is 3.12. The molecule has 0 aliphatic heterocycles. The third-order valence-corrected chi connectivity index (χ3v) is 4.75. The predicted octanol–water partition coefficient (Wildman–Crippen LogP) is 4.69. The summed E-state index contributed by atoms with van der Waals surface area (Å²) < 4.78 is 15.1. The van der Waals surface area contributed by atoms with E-state index >= 15 is 0 Å². The van der Waals surface area contributed by atoms with Crippen molar-refractivity contribution in [1.29, 1.82) is 0 Å². The topological polar surface area (TPSA) is 49.7 Å². The SMILES string of the molecule is CN(Cc1ncc[nH]1)Cc1cn(-c2ccc(F)cc2)nc1-c1ccccc1Cl. The van der Waals surface area contributed by atoms with E-state index in [1.165, 1.54) is 12.1 Å². The zero-order valence-electron chi connectivity index (χ0n) is 15.3. The van der Waals surface area contributed by atoms with E-state index in [-0.39, 0.29) is 5.82 Å². The highest BCUT2D eigenvalue weighted by Crippen LogP contribution is 2.30. The lowest BCUT2D eigenvalue weighted by molar-refractivity contribution is 0.312. The van der Waals surface area contributed by atoms with Gasteiger partial charge in [-0.2, -0.15) is 5.10 Å². The maximum Gasteiger partial charge on any atom is 0.123 e. The molecule has 0 radical (unpaired) electrons. The van der Waals surface area contributed by atoms with E-state index in [4.69, 9.17) is 16.7 Å². The number of halogens is 2. The van der Waals surface area contributed by atoms with Gasteiger partial charge in [-0.05, 0) is 37.4 Å². The van der Waals surface area contributed by atoms with Crippen molar-refractivity contribution in [1.82, 2.24) is 24.6 Å². The van der Waals surface area contributed by atoms with Crippen LogP contribution in [0.15, 0.2) is 67.1 Å². The number of aromatic amines is 1. The highest BCUT2D eigenvalue weighted by molar-refractivity contribution is 6.33. The number of hydrogen-bond acceptors (Lipinski definition) is 3. The third-order valence-electron chi connectivity index (χ3n) is 4.42. The summed E-state index contributed by atoms with van der Waals surface area (Å²) in [6.07, 6.45) is 5.51. The van der Waals surface area contributed by atoms with E-state index in [1.54, 1.807) is 23.0 Å². The van der Waals surface area contributed by atoms with Gasteiger partial charge in [0.2, 0.25) is 0 Å². The summed E-state index contributed by atoms with van der Waals surface area (Å²) in [6, 6.07) is 13.9. The van der Waals surface area contributed by atoms with Crippen molar-refractivity contribution in [2.45, 2.75) is 13.1 Å². The molecule has 0 fully saturated rings. The molecule has 0 bridgehead atoms. The number of aromatic nitrogens is 4. The van der Waals surface area contributed by atoms with Crippen molar-refractivity contribution in [3.63, 3.8) is 0 Å². The second-order valence-electron chi connectivity index (χ2n) is 6.61. The first-order valence-electron chi connectivity index (χ1n) is 8.86. The minimum Gasteiger partial charge on any atom is -0.348 e. The zero-order valence-corrected chi connectivity index (χ0v) is 16.1. The summed E-state index contributed by atoms with van der Waals surface area (Å²) in [4.78, 5) is 9.54. The number of hydrogen-bond donors (Lipinski definition) is 1. The number of nitrogens with zero attached hydrogens (tertiary/aromatic N) is 4. The van der Waals surface area contributed by atoms with Gasteiger partial charge >= 0.3 is 0 Å². The van der Waals surface area contributed by atoms with Gasteiger partial charge in [0.25, 0.3) is 0 Å². The molecule has 1 N–H and O–H groups in total. The smallest absolute Gasteiger partial charge is 0.123 e. The van der Waals surface area contributed by atoms with Crippen LogP contribution in [0, 0.1) is 5.82 Å². The Morgan fingerprint density at radius 2 is 1.89 bits per heavy atom. The number of nitrogens with one attached hydrogen (secondary N) is 1. The first kappa shape index (κ1) is 18.4. The number of rotatable bonds is 6. The van der Waals surface area contributed by atoms with Crippen LogP contribution in [-0.4, -0.2) is 31.7 Å². The standard InChI is InChI=1S/C21H19ClFN5/c1-27(14-20-24-10-11-25-20)12-15-13-28(17-8-6-16(23)7-9-17)26-21(15)18-4-2-3-5-19(18)22/h2-11,13H,12,14H2,1H3,(H,24,25). The average molecular weight is 396 g/mol. The molecule has 0 spiro atoms. The van der Waals surface area contributed by atoms with Crippen LogP contribution >= 0.6 is 11.6 Å². The minimum absolute atomic E-state index is 0.277. The molecule has 4 aromatic rings. The quantitative estimate of drug-likeness (QED) is 0.515. The maximum absolute atomic E-state index is 13.3. The lowest BCUT2D eigenvalue weighted by Crippen LogP contribution is -2.18. The van der Waals surface area contributed by atoms with Gasteiger partial charge < -0.3 is 4.98 Å². The van der Waals surface area contributed by atoms with Crippen molar-refractivity contribution in [2.24, 2.45) is 0 Å². The molecule has 28 heavy (non-hydrogen) atoms. The molecule has 2 heterocycles. The third kappa shape index (κ3) is 3.98. The molecule has 4 rings (SSSR count). The molecule has 142 valence electrons. The van der Waals surface area contributed by atoms with Gasteiger partial charge in [0.1, 0.15) is 11.6 Å². The van der Waals surface area contributed by atoms with Crippen molar-refractivity contribution >= 4 is 11.6 Å². The summed E-state index contributed by atoms with van der Waals surface area (Å²) in [5, 5.41) is 5.39. The molecule has 0 saturated heterocycles. The van der Waals surface area contributed by atoms with E-state index in [9.17, 15) is 4.39 Å². The monoisotopic (exact) mass is 395 g/mol. The summed E-state index contributed by atoms with van der Waals surface area (Å²) in [5.74, 6) is 0.619. The molecule has 0 aliphatic carbocycles. The molecule has 0 saturated carbocycles. The van der Waals surface area contributed by atoms with Gasteiger partial charge in [-0.15, -0.1) is 0 Å². The molecule has 2 aromatic carbocycles. The van der Waals surface area contributed by atoms with Crippen LogP contribution < -0.4 is 0 Å². The molecule has 0 atom stereocenters. The summed E-state index contributed by atoms with van der Waals surface area (Å²) in [5.41, 5.74) is 3.48. The van der Waals surface area contributed by atoms with E-state index in [2.05, 4.69) is 14.9 Å². The summed E-state index contributed by atoms with van der Waals surface area (Å²) >= 11 is 6.43. The highest BCUT2D eigenvalue weighted by Gasteiger charge is 2.16. The van der Waals surface area contributed by atoms with Gasteiger partial charge in [-0.3, -0.25) is 4.90 Å². The molecular formula is C21H19ClFN5. The number of imidazole rings is 1. The van der Waals surface area contributed by atoms with E-state index < -0.39 is 0 Å². The first-order chi connectivity index (χ1) is 13.6. The van der Waals surface area contributed by atoms with Crippen LogP contribution in [0.2, 0.25) is 5.02 Å². The molecular weight excluding hydrogens is 377 g/mol. The Morgan fingerprint density at radius 1 is 1.11 bits per heavy atom. The van der Waals surface area contributed by atoms with Crippen molar-refractivity contribution in [3.05, 3.63) is 89.3 Å². The van der Waals surface area contributed by atoms with E-state index in [0.29, 0.717) is 18.1 Å². The van der Waals surface area contributed by atoms with Gasteiger partial charge in [-0.1, -0.05) is 29.8 Å². The van der Waals surface area contributed by atoms with Crippen LogP contribution in [0.3, 0.4) is 0 Å². The maximum atomic E-state index is 13.3. The molecule has 5 nitrogen and oxygen atoms in total. The Bertz CT molecular complexity index is 1060. The van der Waals surface area contributed by atoms with Crippen LogP contribution in [0.4, 0.5) is 4.39 Å². The van der Waals surface area contributed by atoms with Crippen LogP contribution in [0.5, 0.6) is 0 Å². The average Bonchev–Trinajstić information content (AvgIpc) is 3.33. The lowest BCUT2D eigenvalue weighted by Gasteiger charge is -2.15. The zero-order chi connectivity index (χ0) is 19.5. The highest BCUT2D eigenvalue weighted by atomic mass is 35.5. The van der Waals surface area contributed by atoms with Gasteiger partial charge in [0.15, 0.2) is 0 Å². The predicted molar refractivity (Wildman–Crippen MR) is 108 cm³/mol. The van der Waals surface area contributed by atoms with Gasteiger partial charge in [0, 0.05) is 36.3 Å². The molecule has 7 heteroatoms. The number of H-pyrrole nitrogens is 1.